The van der Waals surface area contributed by atoms with E-state index >= 15 is 0 Å². The van der Waals surface area contributed by atoms with Gasteiger partial charge in [-0.25, -0.2) is 4.98 Å². The van der Waals surface area contributed by atoms with Crippen LogP contribution in [0.3, 0.4) is 0 Å². The third kappa shape index (κ3) is 4.03. The van der Waals surface area contributed by atoms with E-state index in [1.807, 2.05) is 43.3 Å². The standard InChI is InChI=1S/C18H29N5O2/c1-20(2)10-11-23-13-15(12-16(23)24)18(25)22-7-4-14(5-8-22)17-19-6-9-21(17)3/h6,9,14-15H,4-5,7-8,10-13H2,1-3H3. The number of likely N-dealkylation sites (tertiary alicyclic amines) is 2. The summed E-state index contributed by atoms with van der Waals surface area (Å²) in [5, 5.41) is 0. The molecular weight excluding hydrogens is 318 g/mol. The lowest BCUT2D eigenvalue weighted by molar-refractivity contribution is -0.136. The summed E-state index contributed by atoms with van der Waals surface area (Å²) in [5.41, 5.74) is 0. The molecule has 0 radical (unpaired) electrons. The van der Waals surface area contributed by atoms with Crippen molar-refractivity contribution in [2.75, 3.05) is 46.8 Å². The van der Waals surface area contributed by atoms with Gasteiger partial charge < -0.3 is 19.3 Å². The zero-order valence-corrected chi connectivity index (χ0v) is 15.5. The maximum Gasteiger partial charge on any atom is 0.227 e. The van der Waals surface area contributed by atoms with Gasteiger partial charge in [0.05, 0.1) is 5.92 Å². The van der Waals surface area contributed by atoms with E-state index in [0.717, 1.165) is 38.3 Å². The molecule has 7 heteroatoms. The predicted octanol–water partition coefficient (Wildman–Crippen LogP) is 0.536. The van der Waals surface area contributed by atoms with E-state index in [9.17, 15) is 9.59 Å². The number of hydrogen-bond donors (Lipinski definition) is 0. The minimum absolute atomic E-state index is 0.114. The fourth-order valence-corrected chi connectivity index (χ4v) is 3.86. The van der Waals surface area contributed by atoms with Gasteiger partial charge in [0, 0.05) is 64.5 Å². The smallest absolute Gasteiger partial charge is 0.227 e. The van der Waals surface area contributed by atoms with Gasteiger partial charge in [-0.05, 0) is 26.9 Å². The molecule has 0 saturated carbocycles. The van der Waals surface area contributed by atoms with Crippen LogP contribution < -0.4 is 0 Å². The van der Waals surface area contributed by atoms with Crippen LogP contribution in [0, 0.1) is 5.92 Å². The van der Waals surface area contributed by atoms with E-state index in [0.29, 0.717) is 25.4 Å². The first-order valence-corrected chi connectivity index (χ1v) is 9.14. The van der Waals surface area contributed by atoms with Crippen molar-refractivity contribution in [1.29, 1.82) is 0 Å². The number of carbonyl (C=O) groups is 2. The maximum atomic E-state index is 12.8. The Balaban J connectivity index is 1.51. The molecule has 2 saturated heterocycles. The predicted molar refractivity (Wildman–Crippen MR) is 95.0 cm³/mol. The van der Waals surface area contributed by atoms with E-state index in [4.69, 9.17) is 0 Å². The molecule has 2 amide bonds. The molecule has 0 N–H and O–H groups in total. The third-order valence-electron chi connectivity index (χ3n) is 5.41. The monoisotopic (exact) mass is 347 g/mol. The second kappa shape index (κ2) is 7.56. The Kier molecular flexibility index (Phi) is 5.42. The van der Waals surface area contributed by atoms with Crippen molar-refractivity contribution in [3.63, 3.8) is 0 Å². The Labute approximate surface area is 149 Å². The highest BCUT2D eigenvalue weighted by molar-refractivity contribution is 5.89. The number of rotatable bonds is 5. The molecule has 25 heavy (non-hydrogen) atoms. The van der Waals surface area contributed by atoms with Gasteiger partial charge in [0.1, 0.15) is 5.82 Å². The molecule has 2 aliphatic heterocycles. The molecule has 7 nitrogen and oxygen atoms in total. The number of nitrogens with zero attached hydrogens (tertiary/aromatic N) is 5. The van der Waals surface area contributed by atoms with Gasteiger partial charge in [0.2, 0.25) is 11.8 Å². The van der Waals surface area contributed by atoms with E-state index in [2.05, 4.69) is 14.5 Å². The van der Waals surface area contributed by atoms with E-state index in [-0.39, 0.29) is 17.7 Å². The van der Waals surface area contributed by atoms with Crippen molar-refractivity contribution >= 4 is 11.8 Å². The summed E-state index contributed by atoms with van der Waals surface area (Å²) in [4.78, 5) is 35.3. The lowest BCUT2D eigenvalue weighted by Crippen LogP contribution is -2.42. The Morgan fingerprint density at radius 1 is 1.32 bits per heavy atom. The first-order chi connectivity index (χ1) is 12.0. The second-order valence-electron chi connectivity index (χ2n) is 7.54. The number of piperidine rings is 1. The van der Waals surface area contributed by atoms with Crippen molar-refractivity contribution in [3.05, 3.63) is 18.2 Å². The topological polar surface area (TPSA) is 61.7 Å². The van der Waals surface area contributed by atoms with E-state index in [1.54, 1.807) is 0 Å². The number of aryl methyl sites for hydroxylation is 1. The largest absolute Gasteiger partial charge is 0.342 e. The fourth-order valence-electron chi connectivity index (χ4n) is 3.86. The summed E-state index contributed by atoms with van der Waals surface area (Å²) < 4.78 is 2.07. The molecule has 0 aliphatic carbocycles. The quantitative estimate of drug-likeness (QED) is 0.780. The van der Waals surface area contributed by atoms with Crippen molar-refractivity contribution in [2.45, 2.75) is 25.2 Å². The van der Waals surface area contributed by atoms with Gasteiger partial charge >= 0.3 is 0 Å². The lowest BCUT2D eigenvalue weighted by Gasteiger charge is -2.33. The average molecular weight is 347 g/mol. The highest BCUT2D eigenvalue weighted by Gasteiger charge is 2.37. The Hall–Kier alpha value is -1.89. The molecule has 1 aromatic rings. The van der Waals surface area contributed by atoms with Gasteiger partial charge in [-0.15, -0.1) is 0 Å². The van der Waals surface area contributed by atoms with Gasteiger partial charge in [-0.3, -0.25) is 9.59 Å². The zero-order valence-electron chi connectivity index (χ0n) is 15.5. The van der Waals surface area contributed by atoms with Crippen LogP contribution in [0.15, 0.2) is 12.4 Å². The minimum atomic E-state index is -0.167. The van der Waals surface area contributed by atoms with Gasteiger partial charge in [-0.1, -0.05) is 0 Å². The van der Waals surface area contributed by atoms with Crippen LogP contribution in [-0.4, -0.2) is 82.9 Å². The fraction of sp³-hybridized carbons (Fsp3) is 0.722. The summed E-state index contributed by atoms with van der Waals surface area (Å²) in [6.45, 7) is 3.64. The zero-order chi connectivity index (χ0) is 18.0. The van der Waals surface area contributed by atoms with Gasteiger partial charge in [0.25, 0.3) is 0 Å². The number of likely N-dealkylation sites (N-methyl/N-ethyl adjacent to an activating group) is 1. The van der Waals surface area contributed by atoms with Crippen molar-refractivity contribution < 1.29 is 9.59 Å². The molecule has 0 aromatic carbocycles. The first kappa shape index (κ1) is 17.9. The highest BCUT2D eigenvalue weighted by atomic mass is 16.2. The van der Waals surface area contributed by atoms with Crippen molar-refractivity contribution in [3.8, 4) is 0 Å². The molecule has 2 fully saturated rings. The van der Waals surface area contributed by atoms with Crippen LogP contribution in [0.5, 0.6) is 0 Å². The van der Waals surface area contributed by atoms with Gasteiger partial charge in [-0.2, -0.15) is 0 Å². The minimum Gasteiger partial charge on any atom is -0.342 e. The number of carbonyl (C=O) groups excluding carboxylic acids is 2. The molecule has 2 aliphatic rings. The van der Waals surface area contributed by atoms with Crippen LogP contribution in [0.4, 0.5) is 0 Å². The number of aromatic nitrogens is 2. The summed E-state index contributed by atoms with van der Waals surface area (Å²) in [7, 11) is 6.01. The number of imidazole rings is 1. The first-order valence-electron chi connectivity index (χ1n) is 9.14. The molecular formula is C18H29N5O2. The van der Waals surface area contributed by atoms with Crippen LogP contribution in [0.1, 0.15) is 31.0 Å². The van der Waals surface area contributed by atoms with Crippen molar-refractivity contribution in [1.82, 2.24) is 24.3 Å². The average Bonchev–Trinajstić information content (AvgIpc) is 3.18. The third-order valence-corrected chi connectivity index (χ3v) is 5.41. The van der Waals surface area contributed by atoms with Crippen LogP contribution in [0.2, 0.25) is 0 Å². The Bertz CT molecular complexity index is 619. The van der Waals surface area contributed by atoms with Crippen LogP contribution in [-0.2, 0) is 16.6 Å². The molecule has 3 rings (SSSR count). The molecule has 0 bridgehead atoms. The molecule has 1 atom stereocenters. The number of amides is 2. The van der Waals surface area contributed by atoms with Gasteiger partial charge in [0.15, 0.2) is 0 Å². The van der Waals surface area contributed by atoms with Crippen LogP contribution >= 0.6 is 0 Å². The van der Waals surface area contributed by atoms with E-state index in [1.165, 1.54) is 0 Å². The SMILES string of the molecule is CN(C)CCN1CC(C(=O)N2CCC(c3nccn3C)CC2)CC1=O. The second-order valence-corrected chi connectivity index (χ2v) is 7.54. The summed E-state index contributed by atoms with van der Waals surface area (Å²) in [5.74, 6) is 1.63. The highest BCUT2D eigenvalue weighted by Crippen LogP contribution is 2.28. The van der Waals surface area contributed by atoms with Crippen LogP contribution in [0.25, 0.3) is 0 Å². The molecule has 138 valence electrons. The molecule has 1 aromatic heterocycles. The molecule has 3 heterocycles. The normalized spacial score (nSPS) is 22.2. The van der Waals surface area contributed by atoms with E-state index < -0.39 is 0 Å². The molecule has 1 unspecified atom stereocenters. The number of hydrogen-bond acceptors (Lipinski definition) is 4. The summed E-state index contributed by atoms with van der Waals surface area (Å²) in [6.07, 6.45) is 6.06. The lowest BCUT2D eigenvalue weighted by atomic mass is 9.94. The van der Waals surface area contributed by atoms with Crippen molar-refractivity contribution in [2.24, 2.45) is 13.0 Å². The Morgan fingerprint density at radius 3 is 2.64 bits per heavy atom. The summed E-state index contributed by atoms with van der Waals surface area (Å²) in [6, 6.07) is 0. The maximum absolute atomic E-state index is 12.8. The molecule has 0 spiro atoms. The summed E-state index contributed by atoms with van der Waals surface area (Å²) >= 11 is 0. The Morgan fingerprint density at radius 2 is 2.04 bits per heavy atom.